The minimum absolute atomic E-state index is 0.284. The van der Waals surface area contributed by atoms with E-state index >= 15 is 0 Å². The molecule has 5 nitrogen and oxygen atoms in total. The zero-order chi connectivity index (χ0) is 12.7. The zero-order valence-corrected chi connectivity index (χ0v) is 11.7. The average Bonchev–Trinajstić information content (AvgIpc) is 2.78. The largest absolute Gasteiger partial charge is 0.316 e. The van der Waals surface area contributed by atoms with Crippen LogP contribution in [0.1, 0.15) is 27.2 Å². The minimum Gasteiger partial charge on any atom is -0.316 e. The van der Waals surface area contributed by atoms with Crippen LogP contribution >= 0.6 is 0 Å². The third-order valence-electron chi connectivity index (χ3n) is 4.11. The Bertz CT molecular complexity index is 380. The first-order valence-electron chi connectivity index (χ1n) is 6.37. The summed E-state index contributed by atoms with van der Waals surface area (Å²) in [5.74, 6) is 0.893. The van der Waals surface area contributed by atoms with Crippen molar-refractivity contribution in [3.8, 4) is 0 Å². The molecule has 6 heteroatoms. The molecule has 0 aliphatic carbocycles. The van der Waals surface area contributed by atoms with Gasteiger partial charge in [0.05, 0.1) is 0 Å². The van der Waals surface area contributed by atoms with Crippen molar-refractivity contribution in [3.05, 3.63) is 0 Å². The molecule has 2 atom stereocenters. The molecule has 0 aromatic carbocycles. The lowest BCUT2D eigenvalue weighted by molar-refractivity contribution is 0.231. The van der Waals surface area contributed by atoms with Gasteiger partial charge in [0.15, 0.2) is 0 Å². The summed E-state index contributed by atoms with van der Waals surface area (Å²) in [7, 11) is -3.32. The fraction of sp³-hybridized carbons (Fsp3) is 1.00. The van der Waals surface area contributed by atoms with Crippen LogP contribution in [0.5, 0.6) is 0 Å². The SMILES string of the molecule is CCCNS(=O)(=O)N1CC2CNCC2C1(C)C. The van der Waals surface area contributed by atoms with Gasteiger partial charge < -0.3 is 5.32 Å². The maximum atomic E-state index is 12.2. The van der Waals surface area contributed by atoms with Crippen LogP contribution in [0.3, 0.4) is 0 Å². The Morgan fingerprint density at radius 2 is 2.12 bits per heavy atom. The first kappa shape index (κ1) is 13.3. The topological polar surface area (TPSA) is 61.4 Å². The lowest BCUT2D eigenvalue weighted by Gasteiger charge is -2.34. The van der Waals surface area contributed by atoms with Crippen molar-refractivity contribution in [2.75, 3.05) is 26.2 Å². The molecule has 2 rings (SSSR count). The molecule has 2 aliphatic rings. The Morgan fingerprint density at radius 3 is 2.71 bits per heavy atom. The minimum atomic E-state index is -3.32. The molecule has 2 fully saturated rings. The summed E-state index contributed by atoms with van der Waals surface area (Å²) in [4.78, 5) is 0. The molecule has 0 amide bonds. The molecule has 2 saturated heterocycles. The summed E-state index contributed by atoms with van der Waals surface area (Å²) in [6.07, 6.45) is 0.821. The van der Waals surface area contributed by atoms with Crippen LogP contribution in [0.4, 0.5) is 0 Å². The van der Waals surface area contributed by atoms with Gasteiger partial charge in [-0.25, -0.2) is 4.72 Å². The molecule has 2 unspecified atom stereocenters. The van der Waals surface area contributed by atoms with Crippen molar-refractivity contribution >= 4 is 10.2 Å². The summed E-state index contributed by atoms with van der Waals surface area (Å²) in [5, 5.41) is 3.35. The molecule has 2 aliphatic heterocycles. The molecule has 0 radical (unpaired) electrons. The van der Waals surface area contributed by atoms with E-state index in [9.17, 15) is 8.42 Å². The summed E-state index contributed by atoms with van der Waals surface area (Å²) < 4.78 is 28.8. The molecular weight excluding hydrogens is 238 g/mol. The van der Waals surface area contributed by atoms with Gasteiger partial charge >= 0.3 is 0 Å². The normalized spacial score (nSPS) is 32.9. The molecule has 0 bridgehead atoms. The van der Waals surface area contributed by atoms with Gasteiger partial charge in [-0.3, -0.25) is 0 Å². The van der Waals surface area contributed by atoms with Crippen molar-refractivity contribution in [2.24, 2.45) is 11.8 Å². The van der Waals surface area contributed by atoms with Crippen molar-refractivity contribution in [1.29, 1.82) is 0 Å². The highest BCUT2D eigenvalue weighted by molar-refractivity contribution is 7.87. The first-order chi connectivity index (χ1) is 7.89. The van der Waals surface area contributed by atoms with Gasteiger partial charge in [0.1, 0.15) is 0 Å². The van der Waals surface area contributed by atoms with Gasteiger partial charge in [0.2, 0.25) is 0 Å². The van der Waals surface area contributed by atoms with E-state index in [1.165, 1.54) is 0 Å². The second-order valence-corrected chi connectivity index (χ2v) is 7.29. The molecule has 0 saturated carbocycles. The van der Waals surface area contributed by atoms with E-state index < -0.39 is 10.2 Å². The monoisotopic (exact) mass is 261 g/mol. The fourth-order valence-electron chi connectivity index (χ4n) is 3.10. The van der Waals surface area contributed by atoms with Crippen LogP contribution in [0.2, 0.25) is 0 Å². The fourth-order valence-corrected chi connectivity index (χ4v) is 4.86. The Hall–Kier alpha value is -0.170. The highest BCUT2D eigenvalue weighted by Crippen LogP contribution is 2.41. The molecule has 0 aromatic rings. The lowest BCUT2D eigenvalue weighted by atomic mass is 9.85. The Kier molecular flexibility index (Phi) is 3.51. The van der Waals surface area contributed by atoms with Gasteiger partial charge in [0.25, 0.3) is 10.2 Å². The molecule has 2 heterocycles. The number of fused-ring (bicyclic) bond motifs is 1. The van der Waals surface area contributed by atoms with E-state index in [0.29, 0.717) is 24.9 Å². The van der Waals surface area contributed by atoms with E-state index in [1.807, 2.05) is 20.8 Å². The Morgan fingerprint density at radius 1 is 1.41 bits per heavy atom. The summed E-state index contributed by atoms with van der Waals surface area (Å²) in [6, 6.07) is 0. The smallest absolute Gasteiger partial charge is 0.279 e. The third-order valence-corrected chi connectivity index (χ3v) is 5.88. The maximum absolute atomic E-state index is 12.2. The zero-order valence-electron chi connectivity index (χ0n) is 10.9. The quantitative estimate of drug-likeness (QED) is 0.758. The van der Waals surface area contributed by atoms with E-state index in [2.05, 4.69) is 10.0 Å². The molecular formula is C11H23N3O2S. The summed E-state index contributed by atoms with van der Waals surface area (Å²) in [6.45, 7) is 9.07. The number of nitrogens with zero attached hydrogens (tertiary/aromatic N) is 1. The van der Waals surface area contributed by atoms with E-state index in [0.717, 1.165) is 19.5 Å². The van der Waals surface area contributed by atoms with E-state index in [-0.39, 0.29) is 5.54 Å². The number of nitrogens with one attached hydrogen (secondary N) is 2. The molecule has 0 spiro atoms. The van der Waals surface area contributed by atoms with Crippen LogP contribution in [0.25, 0.3) is 0 Å². The van der Waals surface area contributed by atoms with Crippen molar-refractivity contribution < 1.29 is 8.42 Å². The van der Waals surface area contributed by atoms with Crippen LogP contribution in [0, 0.1) is 11.8 Å². The molecule has 17 heavy (non-hydrogen) atoms. The van der Waals surface area contributed by atoms with Gasteiger partial charge in [0, 0.05) is 25.2 Å². The van der Waals surface area contributed by atoms with Crippen LogP contribution in [-0.4, -0.2) is 44.4 Å². The van der Waals surface area contributed by atoms with Gasteiger partial charge in [-0.05, 0) is 38.6 Å². The van der Waals surface area contributed by atoms with E-state index in [4.69, 9.17) is 0 Å². The van der Waals surface area contributed by atoms with Crippen LogP contribution in [-0.2, 0) is 10.2 Å². The van der Waals surface area contributed by atoms with Crippen LogP contribution < -0.4 is 10.0 Å². The highest BCUT2D eigenvalue weighted by Gasteiger charge is 2.53. The second-order valence-electron chi connectivity index (χ2n) is 5.61. The Labute approximate surface area is 104 Å². The van der Waals surface area contributed by atoms with E-state index in [1.54, 1.807) is 4.31 Å². The van der Waals surface area contributed by atoms with Gasteiger partial charge in [-0.1, -0.05) is 6.92 Å². The van der Waals surface area contributed by atoms with Crippen molar-refractivity contribution in [2.45, 2.75) is 32.7 Å². The number of hydrogen-bond donors (Lipinski definition) is 2. The predicted octanol–water partition coefficient (Wildman–Crippen LogP) is 0.161. The second kappa shape index (κ2) is 4.50. The lowest BCUT2D eigenvalue weighted by Crippen LogP contribution is -2.51. The summed E-state index contributed by atoms with van der Waals surface area (Å²) in [5.41, 5.74) is -0.284. The van der Waals surface area contributed by atoms with Crippen molar-refractivity contribution in [1.82, 2.24) is 14.3 Å². The first-order valence-corrected chi connectivity index (χ1v) is 7.81. The predicted molar refractivity (Wildman–Crippen MR) is 67.8 cm³/mol. The van der Waals surface area contributed by atoms with Gasteiger partial charge in [-0.2, -0.15) is 12.7 Å². The summed E-state index contributed by atoms with van der Waals surface area (Å²) >= 11 is 0. The number of hydrogen-bond acceptors (Lipinski definition) is 3. The Balaban J connectivity index is 2.17. The maximum Gasteiger partial charge on any atom is 0.279 e. The molecule has 0 aromatic heterocycles. The van der Waals surface area contributed by atoms with Crippen molar-refractivity contribution in [3.63, 3.8) is 0 Å². The molecule has 2 N–H and O–H groups in total. The highest BCUT2D eigenvalue weighted by atomic mass is 32.2. The van der Waals surface area contributed by atoms with Gasteiger partial charge in [-0.15, -0.1) is 0 Å². The third kappa shape index (κ3) is 2.23. The molecule has 100 valence electrons. The number of rotatable bonds is 4. The average molecular weight is 261 g/mol. The standard InChI is InChI=1S/C11H23N3O2S/c1-4-5-13-17(15,16)14-8-9-6-12-7-10(9)11(14,2)3/h9-10,12-13H,4-8H2,1-3H3. The van der Waals surface area contributed by atoms with Crippen LogP contribution in [0.15, 0.2) is 0 Å².